The summed E-state index contributed by atoms with van der Waals surface area (Å²) in [7, 11) is 1.94. The maximum absolute atomic E-state index is 11.4. The molecule has 1 aromatic heterocycles. The average Bonchev–Trinajstić information content (AvgIpc) is 2.85. The fourth-order valence-corrected chi connectivity index (χ4v) is 2.73. The predicted octanol–water partition coefficient (Wildman–Crippen LogP) is 4.51. The van der Waals surface area contributed by atoms with Gasteiger partial charge >= 0.3 is 0 Å². The molecule has 4 heteroatoms. The van der Waals surface area contributed by atoms with Gasteiger partial charge in [-0.15, -0.1) is 0 Å². The number of nitrogens with one attached hydrogen (secondary N) is 1. The van der Waals surface area contributed by atoms with Gasteiger partial charge in [0.25, 0.3) is 0 Å². The van der Waals surface area contributed by atoms with Gasteiger partial charge in [0.05, 0.1) is 5.56 Å². The van der Waals surface area contributed by atoms with Crippen molar-refractivity contribution < 1.29 is 4.79 Å². The van der Waals surface area contributed by atoms with E-state index in [1.165, 1.54) is 0 Å². The molecule has 0 aliphatic heterocycles. The van der Waals surface area contributed by atoms with Crippen molar-refractivity contribution in [3.8, 4) is 0 Å². The minimum atomic E-state index is 0.683. The lowest BCUT2D eigenvalue weighted by atomic mass is 10.2. The second-order valence-electron chi connectivity index (χ2n) is 4.59. The van der Waals surface area contributed by atoms with E-state index in [0.29, 0.717) is 5.56 Å². The maximum Gasteiger partial charge on any atom is 0.154 e. The lowest BCUT2D eigenvalue weighted by Crippen LogP contribution is -2.11. The molecule has 1 N–H and O–H groups in total. The van der Waals surface area contributed by atoms with Crippen LogP contribution >= 0.6 is 15.9 Å². The molecule has 3 nitrogen and oxygen atoms in total. The van der Waals surface area contributed by atoms with E-state index < -0.39 is 0 Å². The van der Waals surface area contributed by atoms with Crippen LogP contribution in [0.1, 0.15) is 10.4 Å². The SMILES string of the molecule is CN(c1cccc(Br)c1)c1[nH]c2ccccc2c1C=O. The van der Waals surface area contributed by atoms with Crippen LogP contribution in [0.3, 0.4) is 0 Å². The van der Waals surface area contributed by atoms with Crippen molar-refractivity contribution in [3.05, 3.63) is 58.6 Å². The molecule has 3 rings (SSSR count). The van der Waals surface area contributed by atoms with Gasteiger partial charge in [0.2, 0.25) is 0 Å². The molecular weight excluding hydrogens is 316 g/mol. The fourth-order valence-electron chi connectivity index (χ4n) is 2.35. The summed E-state index contributed by atoms with van der Waals surface area (Å²) in [6.45, 7) is 0. The highest BCUT2D eigenvalue weighted by Crippen LogP contribution is 2.32. The Morgan fingerprint density at radius 2 is 1.95 bits per heavy atom. The van der Waals surface area contributed by atoms with Crippen LogP contribution in [0.2, 0.25) is 0 Å². The molecule has 0 amide bonds. The second kappa shape index (κ2) is 5.13. The van der Waals surface area contributed by atoms with Crippen molar-refractivity contribution in [1.82, 2.24) is 4.98 Å². The van der Waals surface area contributed by atoms with Gasteiger partial charge in [-0.25, -0.2) is 0 Å². The number of aldehydes is 1. The Bertz CT molecular complexity index is 779. The number of H-pyrrole nitrogens is 1. The molecule has 0 spiro atoms. The first-order valence-corrected chi connectivity index (χ1v) is 7.05. The molecule has 100 valence electrons. The number of rotatable bonds is 3. The smallest absolute Gasteiger partial charge is 0.154 e. The average molecular weight is 329 g/mol. The number of anilines is 2. The van der Waals surface area contributed by atoms with Crippen LogP contribution in [0.15, 0.2) is 53.0 Å². The summed E-state index contributed by atoms with van der Waals surface area (Å²) in [4.78, 5) is 16.7. The van der Waals surface area contributed by atoms with Crippen molar-refractivity contribution in [1.29, 1.82) is 0 Å². The minimum Gasteiger partial charge on any atom is -0.341 e. The molecule has 0 saturated carbocycles. The first-order chi connectivity index (χ1) is 9.70. The van der Waals surface area contributed by atoms with E-state index in [9.17, 15) is 4.79 Å². The number of carbonyl (C=O) groups excluding carboxylic acids is 1. The Labute approximate surface area is 125 Å². The molecule has 0 unspecified atom stereocenters. The number of aromatic nitrogens is 1. The van der Waals surface area contributed by atoms with E-state index >= 15 is 0 Å². The molecular formula is C16H13BrN2O. The number of hydrogen-bond donors (Lipinski definition) is 1. The van der Waals surface area contributed by atoms with Crippen molar-refractivity contribution in [2.45, 2.75) is 0 Å². The van der Waals surface area contributed by atoms with E-state index in [0.717, 1.165) is 33.2 Å². The van der Waals surface area contributed by atoms with Crippen LogP contribution in [-0.2, 0) is 0 Å². The van der Waals surface area contributed by atoms with Gasteiger partial charge in [-0.1, -0.05) is 40.2 Å². The molecule has 20 heavy (non-hydrogen) atoms. The van der Waals surface area contributed by atoms with Crippen molar-refractivity contribution >= 4 is 44.6 Å². The summed E-state index contributed by atoms with van der Waals surface area (Å²) >= 11 is 3.47. The molecule has 3 aromatic rings. The fraction of sp³-hybridized carbons (Fsp3) is 0.0625. The predicted molar refractivity (Wildman–Crippen MR) is 85.9 cm³/mol. The number of nitrogens with zero attached hydrogens (tertiary/aromatic N) is 1. The summed E-state index contributed by atoms with van der Waals surface area (Å²) in [6.07, 6.45) is 0.905. The highest BCUT2D eigenvalue weighted by atomic mass is 79.9. The molecule has 0 fully saturated rings. The Kier molecular flexibility index (Phi) is 3.32. The van der Waals surface area contributed by atoms with E-state index in [1.54, 1.807) is 0 Å². The van der Waals surface area contributed by atoms with Crippen molar-refractivity contribution in [3.63, 3.8) is 0 Å². The summed E-state index contributed by atoms with van der Waals surface area (Å²) in [6, 6.07) is 15.8. The topological polar surface area (TPSA) is 36.1 Å². The Morgan fingerprint density at radius 3 is 2.70 bits per heavy atom. The quantitative estimate of drug-likeness (QED) is 0.718. The van der Waals surface area contributed by atoms with E-state index in [2.05, 4.69) is 20.9 Å². The number of carbonyl (C=O) groups is 1. The third-order valence-electron chi connectivity index (χ3n) is 3.37. The summed E-state index contributed by atoms with van der Waals surface area (Å²) in [5, 5.41) is 0.944. The van der Waals surface area contributed by atoms with Crippen LogP contribution < -0.4 is 4.90 Å². The molecule has 0 bridgehead atoms. The monoisotopic (exact) mass is 328 g/mol. The molecule has 0 aliphatic carbocycles. The van der Waals surface area contributed by atoms with Gasteiger partial charge in [0.15, 0.2) is 6.29 Å². The molecule has 1 heterocycles. The number of benzene rings is 2. The van der Waals surface area contributed by atoms with Gasteiger partial charge in [0, 0.05) is 28.1 Å². The zero-order valence-corrected chi connectivity index (χ0v) is 12.5. The van der Waals surface area contributed by atoms with E-state index in [4.69, 9.17) is 0 Å². The van der Waals surface area contributed by atoms with E-state index in [-0.39, 0.29) is 0 Å². The van der Waals surface area contributed by atoms with Gasteiger partial charge in [0.1, 0.15) is 5.82 Å². The van der Waals surface area contributed by atoms with Crippen molar-refractivity contribution in [2.75, 3.05) is 11.9 Å². The first kappa shape index (κ1) is 12.9. The summed E-state index contributed by atoms with van der Waals surface area (Å²) in [5.41, 5.74) is 2.66. The highest BCUT2D eigenvalue weighted by molar-refractivity contribution is 9.10. The van der Waals surface area contributed by atoms with Gasteiger partial charge < -0.3 is 9.88 Å². The lowest BCUT2D eigenvalue weighted by molar-refractivity contribution is 0.112. The minimum absolute atomic E-state index is 0.683. The number of halogens is 1. The Hall–Kier alpha value is -2.07. The molecule has 0 radical (unpaired) electrons. The maximum atomic E-state index is 11.4. The molecule has 0 atom stereocenters. The zero-order valence-electron chi connectivity index (χ0n) is 10.9. The Balaban J connectivity index is 2.16. The third-order valence-corrected chi connectivity index (χ3v) is 3.87. The summed E-state index contributed by atoms with van der Waals surface area (Å²) < 4.78 is 1.01. The van der Waals surface area contributed by atoms with E-state index in [1.807, 2.05) is 60.5 Å². The zero-order chi connectivity index (χ0) is 14.1. The van der Waals surface area contributed by atoms with Gasteiger partial charge in [-0.05, 0) is 24.3 Å². The van der Waals surface area contributed by atoms with Gasteiger partial charge in [-0.3, -0.25) is 4.79 Å². The molecule has 0 aliphatic rings. The normalized spacial score (nSPS) is 10.7. The van der Waals surface area contributed by atoms with Crippen LogP contribution in [0, 0.1) is 0 Å². The standard InChI is InChI=1S/C16H13BrN2O/c1-19(12-6-4-5-11(17)9-12)16-14(10-20)13-7-2-3-8-15(13)18-16/h2-10,18H,1H3. The largest absolute Gasteiger partial charge is 0.341 e. The number of aromatic amines is 1. The third kappa shape index (κ3) is 2.12. The number of hydrogen-bond acceptors (Lipinski definition) is 2. The number of fused-ring (bicyclic) bond motifs is 1. The Morgan fingerprint density at radius 1 is 1.15 bits per heavy atom. The van der Waals surface area contributed by atoms with Gasteiger partial charge in [-0.2, -0.15) is 0 Å². The van der Waals surface area contributed by atoms with Crippen LogP contribution in [0.25, 0.3) is 10.9 Å². The highest BCUT2D eigenvalue weighted by Gasteiger charge is 2.15. The van der Waals surface area contributed by atoms with Crippen LogP contribution in [0.4, 0.5) is 11.5 Å². The molecule has 0 saturated heterocycles. The second-order valence-corrected chi connectivity index (χ2v) is 5.51. The number of para-hydroxylation sites is 1. The van der Waals surface area contributed by atoms with Crippen LogP contribution in [-0.4, -0.2) is 18.3 Å². The van der Waals surface area contributed by atoms with Crippen LogP contribution in [0.5, 0.6) is 0 Å². The molecule has 2 aromatic carbocycles. The van der Waals surface area contributed by atoms with Crippen molar-refractivity contribution in [2.24, 2.45) is 0 Å². The summed E-state index contributed by atoms with van der Waals surface area (Å²) in [5.74, 6) is 0.805. The first-order valence-electron chi connectivity index (χ1n) is 6.26. The lowest BCUT2D eigenvalue weighted by Gasteiger charge is -2.18.